The summed E-state index contributed by atoms with van der Waals surface area (Å²) in [5.74, 6) is 3.07. The van der Waals surface area contributed by atoms with Crippen LogP contribution in [-0.4, -0.2) is 29.1 Å². The predicted octanol–water partition coefficient (Wildman–Crippen LogP) is 2.08. The zero-order valence-corrected chi connectivity index (χ0v) is 13.8. The van der Waals surface area contributed by atoms with Crippen LogP contribution in [0, 0.1) is 11.8 Å². The van der Waals surface area contributed by atoms with E-state index in [2.05, 4.69) is 15.0 Å². The third-order valence-electron chi connectivity index (χ3n) is 5.21. The summed E-state index contributed by atoms with van der Waals surface area (Å²) in [5.41, 5.74) is 0.766. The van der Waals surface area contributed by atoms with E-state index in [-0.39, 0.29) is 11.5 Å². The molecule has 1 unspecified atom stereocenters. The van der Waals surface area contributed by atoms with Gasteiger partial charge in [0.25, 0.3) is 5.56 Å². The van der Waals surface area contributed by atoms with Gasteiger partial charge in [-0.3, -0.25) is 4.79 Å². The van der Waals surface area contributed by atoms with E-state index < -0.39 is 0 Å². The molecule has 24 heavy (non-hydrogen) atoms. The van der Waals surface area contributed by atoms with Gasteiger partial charge in [0.2, 0.25) is 0 Å². The molecule has 2 aliphatic rings. The number of aryl methyl sites for hydroxylation is 1. The molecule has 3 aromatic rings. The van der Waals surface area contributed by atoms with Crippen molar-refractivity contribution in [2.24, 2.45) is 18.9 Å². The first-order valence-electron chi connectivity index (χ1n) is 8.03. The molecular weight excluding hydrogens is 328 g/mol. The van der Waals surface area contributed by atoms with Gasteiger partial charge < -0.3 is 4.57 Å². The summed E-state index contributed by atoms with van der Waals surface area (Å²) < 4.78 is 3.35. The second-order valence-corrected chi connectivity index (χ2v) is 7.15. The Morgan fingerprint density at radius 3 is 2.62 bits per heavy atom. The Morgan fingerprint density at radius 2 is 1.92 bits per heavy atom. The highest BCUT2D eigenvalue weighted by atomic mass is 35.5. The van der Waals surface area contributed by atoms with E-state index in [0.29, 0.717) is 22.1 Å². The van der Waals surface area contributed by atoms with E-state index in [0.717, 1.165) is 30.5 Å². The number of hydrogen-bond donors (Lipinski definition) is 0. The summed E-state index contributed by atoms with van der Waals surface area (Å²) in [6.07, 6.45) is 8.06. The number of nitrogens with zero attached hydrogens (tertiary/aromatic N) is 6. The minimum atomic E-state index is -0.201. The molecule has 2 aliphatic carbocycles. The Kier molecular flexibility index (Phi) is 2.85. The van der Waals surface area contributed by atoms with Crippen molar-refractivity contribution in [3.05, 3.63) is 40.1 Å². The van der Waals surface area contributed by atoms with Gasteiger partial charge in [0.05, 0.1) is 18.7 Å². The Labute approximate surface area is 142 Å². The molecule has 0 spiro atoms. The van der Waals surface area contributed by atoms with Crippen molar-refractivity contribution >= 4 is 22.8 Å². The maximum Gasteiger partial charge on any atom is 0.287 e. The predicted molar refractivity (Wildman–Crippen MR) is 88.3 cm³/mol. The van der Waals surface area contributed by atoms with Crippen LogP contribution in [0.1, 0.15) is 31.0 Å². The molecule has 0 bridgehead atoms. The Hall–Kier alpha value is -2.28. The molecular formula is C16H15ClN6O. The highest BCUT2D eigenvalue weighted by molar-refractivity contribution is 6.29. The monoisotopic (exact) mass is 342 g/mol. The molecule has 0 radical (unpaired) electrons. The zero-order valence-electron chi connectivity index (χ0n) is 13.1. The number of imidazole rings is 1. The number of hydrogen-bond acceptors (Lipinski definition) is 5. The highest BCUT2D eigenvalue weighted by Crippen LogP contribution is 2.57. The molecule has 3 heterocycles. The lowest BCUT2D eigenvalue weighted by Gasteiger charge is -2.17. The minimum absolute atomic E-state index is 0.201. The van der Waals surface area contributed by atoms with Crippen LogP contribution in [0.5, 0.6) is 0 Å². The molecule has 7 nitrogen and oxygen atoms in total. The van der Waals surface area contributed by atoms with Crippen molar-refractivity contribution < 1.29 is 0 Å². The van der Waals surface area contributed by atoms with Gasteiger partial charge in [0.1, 0.15) is 11.0 Å². The van der Waals surface area contributed by atoms with E-state index in [1.165, 1.54) is 18.8 Å². The van der Waals surface area contributed by atoms with Crippen LogP contribution in [-0.2, 0) is 7.05 Å². The standard InChI is InChI=1S/C16H15ClN6O/c1-22-7-20-13-15(22)21-14(10-3-8-2-9(8)4-10)23(16(13)24)12-6-18-11(17)5-19-12/h5-10H,2-4H2,1H3/t8-,9+,10?. The fourth-order valence-corrected chi connectivity index (χ4v) is 4.01. The normalized spacial score (nSPS) is 25.2. The summed E-state index contributed by atoms with van der Waals surface area (Å²) in [7, 11) is 1.85. The molecule has 0 saturated heterocycles. The average Bonchev–Trinajstić information content (AvgIpc) is 3.00. The Balaban J connectivity index is 1.77. The summed E-state index contributed by atoms with van der Waals surface area (Å²) in [6.45, 7) is 0. The van der Waals surface area contributed by atoms with Crippen LogP contribution in [0.15, 0.2) is 23.5 Å². The number of fused-ring (bicyclic) bond motifs is 2. The van der Waals surface area contributed by atoms with E-state index in [1.807, 2.05) is 7.05 Å². The van der Waals surface area contributed by atoms with Gasteiger partial charge in [-0.05, 0) is 31.1 Å². The number of halogens is 1. The van der Waals surface area contributed by atoms with E-state index in [9.17, 15) is 4.79 Å². The first-order valence-corrected chi connectivity index (χ1v) is 8.41. The van der Waals surface area contributed by atoms with E-state index in [1.54, 1.807) is 15.5 Å². The second kappa shape index (κ2) is 4.86. The lowest BCUT2D eigenvalue weighted by molar-refractivity contribution is 0.568. The zero-order chi connectivity index (χ0) is 16.4. The molecule has 3 aromatic heterocycles. The molecule has 0 N–H and O–H groups in total. The van der Waals surface area contributed by atoms with Gasteiger partial charge in [0, 0.05) is 13.0 Å². The van der Waals surface area contributed by atoms with E-state index in [4.69, 9.17) is 16.6 Å². The molecule has 5 rings (SSSR count). The molecule has 2 saturated carbocycles. The maximum absolute atomic E-state index is 13.0. The van der Waals surface area contributed by atoms with Gasteiger partial charge in [-0.2, -0.15) is 0 Å². The molecule has 0 aliphatic heterocycles. The SMILES string of the molecule is Cn1cnc2c(=O)n(-c3cnc(Cl)cn3)c(C3C[C@@H]4C[C@@H]4C3)nc21. The number of aromatic nitrogens is 6. The van der Waals surface area contributed by atoms with Gasteiger partial charge >= 0.3 is 0 Å². The number of rotatable bonds is 2. The van der Waals surface area contributed by atoms with Crippen LogP contribution < -0.4 is 5.56 Å². The van der Waals surface area contributed by atoms with Gasteiger partial charge in [-0.25, -0.2) is 24.5 Å². The summed E-state index contributed by atoms with van der Waals surface area (Å²) in [4.78, 5) is 30.4. The molecule has 0 amide bonds. The van der Waals surface area contributed by atoms with Crippen molar-refractivity contribution in [1.29, 1.82) is 0 Å². The molecule has 0 aromatic carbocycles. The quantitative estimate of drug-likeness (QED) is 0.712. The van der Waals surface area contributed by atoms with Crippen LogP contribution in [0.25, 0.3) is 17.0 Å². The Morgan fingerprint density at radius 1 is 1.12 bits per heavy atom. The minimum Gasteiger partial charge on any atom is -0.318 e. The van der Waals surface area contributed by atoms with Crippen LogP contribution in [0.4, 0.5) is 0 Å². The summed E-state index contributed by atoms with van der Waals surface area (Å²) in [6, 6.07) is 0. The highest BCUT2D eigenvalue weighted by Gasteiger charge is 2.47. The largest absolute Gasteiger partial charge is 0.318 e. The Bertz CT molecular complexity index is 998. The van der Waals surface area contributed by atoms with Crippen LogP contribution in [0.3, 0.4) is 0 Å². The third kappa shape index (κ3) is 2.00. The summed E-state index contributed by atoms with van der Waals surface area (Å²) >= 11 is 5.84. The molecule has 122 valence electrons. The topological polar surface area (TPSA) is 78.5 Å². The lowest BCUT2D eigenvalue weighted by atomic mass is 10.0. The lowest BCUT2D eigenvalue weighted by Crippen LogP contribution is -2.27. The van der Waals surface area contributed by atoms with Crippen molar-refractivity contribution in [3.63, 3.8) is 0 Å². The first-order chi connectivity index (χ1) is 11.6. The van der Waals surface area contributed by atoms with Gasteiger partial charge in [0.15, 0.2) is 17.0 Å². The van der Waals surface area contributed by atoms with Gasteiger partial charge in [-0.15, -0.1) is 0 Å². The van der Waals surface area contributed by atoms with Crippen LogP contribution in [0.2, 0.25) is 5.15 Å². The smallest absolute Gasteiger partial charge is 0.287 e. The van der Waals surface area contributed by atoms with Crippen molar-refractivity contribution in [3.8, 4) is 5.82 Å². The molecule has 8 heteroatoms. The van der Waals surface area contributed by atoms with Gasteiger partial charge in [-0.1, -0.05) is 11.6 Å². The summed E-state index contributed by atoms with van der Waals surface area (Å²) in [5, 5.41) is 0.294. The third-order valence-corrected chi connectivity index (χ3v) is 5.40. The average molecular weight is 343 g/mol. The maximum atomic E-state index is 13.0. The molecule has 3 atom stereocenters. The molecule has 2 fully saturated rings. The fraction of sp³-hybridized carbons (Fsp3) is 0.438. The first kappa shape index (κ1) is 14.1. The van der Waals surface area contributed by atoms with E-state index >= 15 is 0 Å². The second-order valence-electron chi connectivity index (χ2n) is 6.76. The fourth-order valence-electron chi connectivity index (χ4n) is 3.92. The van der Waals surface area contributed by atoms with Crippen LogP contribution >= 0.6 is 11.6 Å². The van der Waals surface area contributed by atoms with Crippen molar-refractivity contribution in [1.82, 2.24) is 29.1 Å². The van der Waals surface area contributed by atoms with Crippen molar-refractivity contribution in [2.75, 3.05) is 0 Å². The van der Waals surface area contributed by atoms with Crippen molar-refractivity contribution in [2.45, 2.75) is 25.2 Å².